The summed E-state index contributed by atoms with van der Waals surface area (Å²) in [5, 5.41) is 10.4. The second kappa shape index (κ2) is 4.53. The average Bonchev–Trinajstić information content (AvgIpc) is 2.11. The molecule has 1 N–H and O–H groups in total. The Hall–Kier alpha value is -0.280. The predicted molar refractivity (Wildman–Crippen MR) is 63.4 cm³/mol. The van der Waals surface area contributed by atoms with Crippen molar-refractivity contribution in [3.8, 4) is 0 Å². The van der Waals surface area contributed by atoms with E-state index in [0.717, 1.165) is 6.42 Å². The minimum absolute atomic E-state index is 0.00767. The molecule has 0 amide bonds. The highest BCUT2D eigenvalue weighted by Crippen LogP contribution is 2.48. The highest BCUT2D eigenvalue weighted by atomic mass is 35.5. The summed E-state index contributed by atoms with van der Waals surface area (Å²) in [5.74, 6) is -0.441. The van der Waals surface area contributed by atoms with Crippen molar-refractivity contribution in [3.63, 3.8) is 0 Å². The standard InChI is InChI=1S/C12H21ClO3/c1-8(14)16-7-9-11(2,3)10(13)5-6-12(9,4)15/h9-10,15H,5-7H2,1-4H3. The molecule has 0 aromatic heterocycles. The van der Waals surface area contributed by atoms with Gasteiger partial charge in [-0.25, -0.2) is 0 Å². The maximum absolute atomic E-state index is 10.9. The quantitative estimate of drug-likeness (QED) is 0.603. The SMILES string of the molecule is CC(=O)OCC1C(C)(O)CCC(Cl)C1(C)C. The van der Waals surface area contributed by atoms with Gasteiger partial charge in [-0.05, 0) is 25.2 Å². The molecular formula is C12H21ClO3. The predicted octanol–water partition coefficient (Wildman–Crippen LogP) is 2.34. The Morgan fingerprint density at radius 3 is 2.56 bits per heavy atom. The summed E-state index contributed by atoms with van der Waals surface area (Å²) in [7, 11) is 0. The number of rotatable bonds is 2. The van der Waals surface area contributed by atoms with Crippen molar-refractivity contribution in [3.05, 3.63) is 0 Å². The first-order valence-corrected chi connectivity index (χ1v) is 6.11. The van der Waals surface area contributed by atoms with Crippen LogP contribution in [0.5, 0.6) is 0 Å². The van der Waals surface area contributed by atoms with Crippen molar-refractivity contribution in [2.24, 2.45) is 11.3 Å². The van der Waals surface area contributed by atoms with E-state index in [1.54, 1.807) is 6.92 Å². The summed E-state index contributed by atoms with van der Waals surface area (Å²) in [6.07, 6.45) is 1.44. The normalized spacial score (nSPS) is 38.1. The minimum atomic E-state index is -0.815. The molecule has 3 nitrogen and oxygen atoms in total. The number of esters is 1. The van der Waals surface area contributed by atoms with Crippen LogP contribution >= 0.6 is 11.6 Å². The first-order valence-electron chi connectivity index (χ1n) is 5.67. The third-order valence-corrected chi connectivity index (χ3v) is 4.59. The van der Waals surface area contributed by atoms with Crippen LogP contribution in [-0.4, -0.2) is 28.7 Å². The van der Waals surface area contributed by atoms with E-state index in [1.165, 1.54) is 6.92 Å². The fraction of sp³-hybridized carbons (Fsp3) is 0.917. The van der Waals surface area contributed by atoms with Gasteiger partial charge >= 0.3 is 5.97 Å². The molecule has 4 heteroatoms. The Morgan fingerprint density at radius 2 is 2.06 bits per heavy atom. The van der Waals surface area contributed by atoms with Gasteiger partial charge in [-0.3, -0.25) is 4.79 Å². The molecule has 0 saturated heterocycles. The number of halogens is 1. The van der Waals surface area contributed by atoms with Gasteiger partial charge in [-0.2, -0.15) is 0 Å². The van der Waals surface area contributed by atoms with Crippen LogP contribution in [-0.2, 0) is 9.53 Å². The number of hydrogen-bond acceptors (Lipinski definition) is 3. The molecule has 0 spiro atoms. The molecule has 1 aliphatic carbocycles. The molecule has 1 saturated carbocycles. The van der Waals surface area contributed by atoms with Crippen molar-refractivity contribution in [1.29, 1.82) is 0 Å². The van der Waals surface area contributed by atoms with Crippen LogP contribution in [0.1, 0.15) is 40.5 Å². The van der Waals surface area contributed by atoms with E-state index in [0.29, 0.717) is 6.42 Å². The van der Waals surface area contributed by atoms with Gasteiger partial charge in [0.15, 0.2) is 0 Å². The molecule has 0 radical (unpaired) electrons. The lowest BCUT2D eigenvalue weighted by molar-refractivity contribution is -0.154. The van der Waals surface area contributed by atoms with Gasteiger partial charge < -0.3 is 9.84 Å². The maximum Gasteiger partial charge on any atom is 0.302 e. The van der Waals surface area contributed by atoms with Crippen LogP contribution in [0.15, 0.2) is 0 Å². The van der Waals surface area contributed by atoms with Crippen molar-refractivity contribution in [2.45, 2.75) is 51.5 Å². The van der Waals surface area contributed by atoms with Crippen LogP contribution in [0.2, 0.25) is 0 Å². The van der Waals surface area contributed by atoms with E-state index in [1.807, 2.05) is 13.8 Å². The van der Waals surface area contributed by atoms with E-state index >= 15 is 0 Å². The van der Waals surface area contributed by atoms with Gasteiger partial charge in [-0.1, -0.05) is 13.8 Å². The number of ether oxygens (including phenoxy) is 1. The molecule has 1 aliphatic rings. The largest absolute Gasteiger partial charge is 0.465 e. The Morgan fingerprint density at radius 1 is 1.50 bits per heavy atom. The zero-order valence-electron chi connectivity index (χ0n) is 10.4. The van der Waals surface area contributed by atoms with Crippen molar-refractivity contribution in [2.75, 3.05) is 6.61 Å². The molecule has 0 aliphatic heterocycles. The van der Waals surface area contributed by atoms with Crippen LogP contribution < -0.4 is 0 Å². The maximum atomic E-state index is 10.9. The zero-order valence-corrected chi connectivity index (χ0v) is 11.2. The molecule has 0 bridgehead atoms. The molecule has 0 heterocycles. The second-order valence-electron chi connectivity index (χ2n) is 5.54. The Bertz CT molecular complexity index is 273. The Labute approximate surface area is 102 Å². The molecule has 16 heavy (non-hydrogen) atoms. The van der Waals surface area contributed by atoms with Gasteiger partial charge in [0.25, 0.3) is 0 Å². The summed E-state index contributed by atoms with van der Waals surface area (Å²) >= 11 is 6.29. The van der Waals surface area contributed by atoms with E-state index in [9.17, 15) is 9.90 Å². The number of carbonyl (C=O) groups is 1. The van der Waals surface area contributed by atoms with Gasteiger partial charge in [0.05, 0.1) is 12.2 Å². The molecule has 0 aromatic carbocycles. The summed E-state index contributed by atoms with van der Waals surface area (Å²) in [6.45, 7) is 7.45. The smallest absolute Gasteiger partial charge is 0.302 e. The summed E-state index contributed by atoms with van der Waals surface area (Å²) < 4.78 is 5.04. The van der Waals surface area contributed by atoms with Crippen LogP contribution in [0.3, 0.4) is 0 Å². The number of aliphatic hydroxyl groups is 1. The molecule has 3 atom stereocenters. The van der Waals surface area contributed by atoms with E-state index < -0.39 is 5.60 Å². The van der Waals surface area contributed by atoms with E-state index in [4.69, 9.17) is 16.3 Å². The number of carbonyl (C=O) groups excluding carboxylic acids is 1. The topological polar surface area (TPSA) is 46.5 Å². The summed E-state index contributed by atoms with van der Waals surface area (Å²) in [4.78, 5) is 10.9. The third-order valence-electron chi connectivity index (χ3n) is 3.81. The molecule has 94 valence electrons. The fourth-order valence-electron chi connectivity index (χ4n) is 2.58. The summed E-state index contributed by atoms with van der Waals surface area (Å²) in [5.41, 5.74) is -1.05. The van der Waals surface area contributed by atoms with Gasteiger partial charge in [0, 0.05) is 18.2 Å². The third kappa shape index (κ3) is 2.69. The highest BCUT2D eigenvalue weighted by Gasteiger charge is 2.50. The van der Waals surface area contributed by atoms with Gasteiger partial charge in [-0.15, -0.1) is 11.6 Å². The number of alkyl halides is 1. The lowest BCUT2D eigenvalue weighted by Crippen LogP contribution is -2.54. The molecule has 3 unspecified atom stereocenters. The Kier molecular flexibility index (Phi) is 3.91. The van der Waals surface area contributed by atoms with Crippen molar-refractivity contribution in [1.82, 2.24) is 0 Å². The van der Waals surface area contributed by atoms with Crippen LogP contribution in [0.25, 0.3) is 0 Å². The van der Waals surface area contributed by atoms with Crippen LogP contribution in [0, 0.1) is 11.3 Å². The zero-order chi connectivity index (χ0) is 12.6. The fourth-order valence-corrected chi connectivity index (χ4v) is 2.84. The van der Waals surface area contributed by atoms with Gasteiger partial charge in [0.2, 0.25) is 0 Å². The lowest BCUT2D eigenvalue weighted by atomic mass is 9.62. The van der Waals surface area contributed by atoms with Crippen LogP contribution in [0.4, 0.5) is 0 Å². The lowest BCUT2D eigenvalue weighted by Gasteiger charge is -2.50. The van der Waals surface area contributed by atoms with Crippen molar-refractivity contribution < 1.29 is 14.6 Å². The average molecular weight is 249 g/mol. The van der Waals surface area contributed by atoms with Gasteiger partial charge in [0.1, 0.15) is 0 Å². The second-order valence-corrected chi connectivity index (χ2v) is 6.07. The number of hydrogen-bond donors (Lipinski definition) is 1. The summed E-state index contributed by atoms with van der Waals surface area (Å²) in [6, 6.07) is 0. The Balaban J connectivity index is 2.83. The molecule has 0 aromatic rings. The van der Waals surface area contributed by atoms with E-state index in [-0.39, 0.29) is 29.3 Å². The highest BCUT2D eigenvalue weighted by molar-refractivity contribution is 6.21. The molecule has 1 rings (SSSR count). The monoisotopic (exact) mass is 248 g/mol. The minimum Gasteiger partial charge on any atom is -0.465 e. The first-order chi connectivity index (χ1) is 7.18. The van der Waals surface area contributed by atoms with Crippen molar-refractivity contribution >= 4 is 17.6 Å². The molecule has 1 fully saturated rings. The molecular weight excluding hydrogens is 228 g/mol. The van der Waals surface area contributed by atoms with E-state index in [2.05, 4.69) is 0 Å². The first kappa shape index (κ1) is 13.8.